The molecule has 0 saturated carbocycles. The molecule has 8 heteroatoms. The van der Waals surface area contributed by atoms with E-state index in [2.05, 4.69) is 46.4 Å². The molecule has 6 nitrogen and oxygen atoms in total. The number of rotatable bonds is 15. The zero-order valence-electron chi connectivity index (χ0n) is 29.5. The largest absolute Gasteiger partial charge is 0.540 e. The minimum absolute atomic E-state index is 0.0701. The maximum atomic E-state index is 13.9. The molecule has 1 aliphatic rings. The van der Waals surface area contributed by atoms with Crippen molar-refractivity contribution in [1.82, 2.24) is 4.90 Å². The maximum absolute atomic E-state index is 13.9. The molecular formula is C39H54FNO5Si. The molecule has 1 fully saturated rings. The second-order valence-electron chi connectivity index (χ2n) is 13.7. The van der Waals surface area contributed by atoms with Crippen LogP contribution in [0.1, 0.15) is 83.3 Å². The van der Waals surface area contributed by atoms with Gasteiger partial charge in [0.1, 0.15) is 17.7 Å². The highest BCUT2D eigenvalue weighted by Gasteiger charge is 2.48. The number of para-hydroxylation sites is 1. The molecule has 0 radical (unpaired) electrons. The number of hydrogen-bond acceptors (Lipinski definition) is 6. The summed E-state index contributed by atoms with van der Waals surface area (Å²) in [4.78, 5) is 16.3. The van der Waals surface area contributed by atoms with Gasteiger partial charge in [0.2, 0.25) is 0 Å². The number of halogens is 1. The zero-order chi connectivity index (χ0) is 34.1. The number of esters is 1. The molecule has 0 bridgehead atoms. The Bertz CT molecular complexity index is 1380. The van der Waals surface area contributed by atoms with Crippen molar-refractivity contribution in [2.75, 3.05) is 33.9 Å². The summed E-state index contributed by atoms with van der Waals surface area (Å²) in [6.07, 6.45) is 1.16. The van der Waals surface area contributed by atoms with E-state index in [0.717, 1.165) is 61.3 Å². The van der Waals surface area contributed by atoms with Gasteiger partial charge in [0, 0.05) is 25.1 Å². The lowest BCUT2D eigenvalue weighted by Gasteiger charge is -2.43. The summed E-state index contributed by atoms with van der Waals surface area (Å²) in [6, 6.07) is 22.2. The number of ether oxygens (including phenoxy) is 3. The average molecular weight is 664 g/mol. The van der Waals surface area contributed by atoms with E-state index >= 15 is 0 Å². The summed E-state index contributed by atoms with van der Waals surface area (Å²) < 4.78 is 38.9. The molecule has 2 atom stereocenters. The van der Waals surface area contributed by atoms with Gasteiger partial charge in [0.05, 0.1) is 7.11 Å². The van der Waals surface area contributed by atoms with Crippen molar-refractivity contribution < 1.29 is 27.8 Å². The normalized spacial score (nSPS) is 16.0. The number of hydrogen-bond donors (Lipinski definition) is 0. The molecule has 1 heterocycles. The first-order valence-corrected chi connectivity index (χ1v) is 19.3. The predicted octanol–water partition coefficient (Wildman–Crippen LogP) is 9.32. The number of carbonyl (C=O) groups excluding carboxylic acids is 1. The van der Waals surface area contributed by atoms with Crippen molar-refractivity contribution in [2.45, 2.75) is 89.6 Å². The fraction of sp³-hybridized carbons (Fsp3) is 0.513. The van der Waals surface area contributed by atoms with E-state index in [9.17, 15) is 9.18 Å². The van der Waals surface area contributed by atoms with Crippen LogP contribution in [-0.2, 0) is 20.7 Å². The number of likely N-dealkylation sites (tertiary alicyclic amines) is 1. The smallest absolute Gasteiger partial charge is 0.340 e. The highest BCUT2D eigenvalue weighted by Crippen LogP contribution is 2.48. The first-order valence-electron chi connectivity index (χ1n) is 17.1. The van der Waals surface area contributed by atoms with Gasteiger partial charge in [-0.25, -0.2) is 9.18 Å². The van der Waals surface area contributed by atoms with Crippen molar-refractivity contribution in [3.8, 4) is 11.5 Å². The second-order valence-corrected chi connectivity index (χ2v) is 19.1. The molecule has 2 unspecified atom stereocenters. The molecule has 47 heavy (non-hydrogen) atoms. The van der Waals surface area contributed by atoms with Crippen LogP contribution in [0, 0.1) is 11.7 Å². The van der Waals surface area contributed by atoms with E-state index in [-0.39, 0.29) is 11.7 Å². The third-order valence-electron chi connectivity index (χ3n) is 10.00. The van der Waals surface area contributed by atoms with Gasteiger partial charge in [-0.3, -0.25) is 0 Å². The van der Waals surface area contributed by atoms with E-state index < -0.39 is 26.5 Å². The summed E-state index contributed by atoms with van der Waals surface area (Å²) in [5.41, 5.74) is 3.86. The first-order chi connectivity index (χ1) is 22.5. The second kappa shape index (κ2) is 16.8. The minimum Gasteiger partial charge on any atom is -0.540 e. The van der Waals surface area contributed by atoms with Crippen molar-refractivity contribution in [3.63, 3.8) is 0 Å². The van der Waals surface area contributed by atoms with Gasteiger partial charge in [0.15, 0.2) is 11.9 Å². The summed E-state index contributed by atoms with van der Waals surface area (Å²) >= 11 is 0. The molecular weight excluding hydrogens is 610 g/mol. The van der Waals surface area contributed by atoms with Crippen LogP contribution in [-0.4, -0.2) is 53.0 Å². The number of benzene rings is 3. The van der Waals surface area contributed by atoms with Gasteiger partial charge >= 0.3 is 5.97 Å². The van der Waals surface area contributed by atoms with Gasteiger partial charge in [-0.05, 0) is 78.3 Å². The summed E-state index contributed by atoms with van der Waals surface area (Å²) in [6.45, 7) is 16.2. The van der Waals surface area contributed by atoms with Crippen LogP contribution in [0.25, 0.3) is 0 Å². The summed E-state index contributed by atoms with van der Waals surface area (Å²) in [7, 11) is 0.915. The third-order valence-corrected chi connectivity index (χ3v) is 16.0. The Labute approximate surface area is 282 Å². The van der Waals surface area contributed by atoms with E-state index in [1.165, 1.54) is 19.2 Å². The Morgan fingerprint density at radius 2 is 1.47 bits per heavy atom. The van der Waals surface area contributed by atoms with Gasteiger partial charge in [-0.2, -0.15) is 0 Å². The zero-order valence-corrected chi connectivity index (χ0v) is 30.5. The van der Waals surface area contributed by atoms with Crippen LogP contribution in [0.3, 0.4) is 0 Å². The van der Waals surface area contributed by atoms with Crippen molar-refractivity contribution in [1.29, 1.82) is 0 Å². The Balaban J connectivity index is 1.64. The monoisotopic (exact) mass is 663 g/mol. The predicted molar refractivity (Wildman–Crippen MR) is 189 cm³/mol. The van der Waals surface area contributed by atoms with Gasteiger partial charge in [0.25, 0.3) is 8.32 Å². The third kappa shape index (κ3) is 8.64. The molecule has 3 aromatic carbocycles. The number of piperidine rings is 1. The molecule has 0 aliphatic carbocycles. The number of methoxy groups -OCH3 is 2. The number of nitrogens with zero attached hydrogens (tertiary/aromatic N) is 1. The Morgan fingerprint density at radius 1 is 0.851 bits per heavy atom. The van der Waals surface area contributed by atoms with E-state index in [1.807, 2.05) is 60.7 Å². The lowest BCUT2D eigenvalue weighted by molar-refractivity contribution is -0.166. The number of carbonyl (C=O) groups is 1. The Hall–Kier alpha value is -3.20. The van der Waals surface area contributed by atoms with Crippen LogP contribution in [0.4, 0.5) is 4.39 Å². The van der Waals surface area contributed by atoms with E-state index in [4.69, 9.17) is 18.6 Å². The van der Waals surface area contributed by atoms with E-state index in [0.29, 0.717) is 22.4 Å². The highest BCUT2D eigenvalue weighted by atomic mass is 28.4. The quantitative estimate of drug-likeness (QED) is 0.119. The molecule has 3 aromatic rings. The highest BCUT2D eigenvalue weighted by molar-refractivity contribution is 6.78. The Kier molecular flexibility index (Phi) is 13.1. The molecule has 0 spiro atoms. The standard InChI is InChI=1S/C39H54FNO5Si/c1-27(2)47(28(3)4,29(5)6)46-35-16-12-15-34(38(35)44-8)36(45-39(42)37(43-7)31-13-10-9-11-14-31)32-22-25-41(26-23-32)24-21-30-17-19-33(40)20-18-30/h9-20,27-29,32,36-37H,21-26H2,1-8H3. The molecule has 4 rings (SSSR count). The first kappa shape index (κ1) is 36.6. The fourth-order valence-electron chi connectivity index (χ4n) is 7.61. The topological polar surface area (TPSA) is 57.2 Å². The molecule has 0 aromatic heterocycles. The van der Waals surface area contributed by atoms with Crippen LogP contribution in [0.5, 0.6) is 11.5 Å². The van der Waals surface area contributed by atoms with Crippen LogP contribution < -0.4 is 9.16 Å². The van der Waals surface area contributed by atoms with Crippen molar-refractivity contribution >= 4 is 14.3 Å². The van der Waals surface area contributed by atoms with Crippen molar-refractivity contribution in [2.24, 2.45) is 5.92 Å². The van der Waals surface area contributed by atoms with Gasteiger partial charge in [-0.1, -0.05) is 96.1 Å². The minimum atomic E-state index is -2.30. The average Bonchev–Trinajstić information content (AvgIpc) is 3.06. The van der Waals surface area contributed by atoms with E-state index in [1.54, 1.807) is 7.11 Å². The lowest BCUT2D eigenvalue weighted by Crippen LogP contribution is -2.50. The van der Waals surface area contributed by atoms with Gasteiger partial charge < -0.3 is 23.5 Å². The SMILES string of the molecule is COc1c(O[Si](C(C)C)(C(C)C)C(C)C)cccc1C(OC(=O)C(OC)c1ccccc1)C1CCN(CCc2ccc(F)cc2)CC1. The van der Waals surface area contributed by atoms with Crippen LogP contribution >= 0.6 is 0 Å². The van der Waals surface area contributed by atoms with Crippen LogP contribution in [0.15, 0.2) is 72.8 Å². The maximum Gasteiger partial charge on any atom is 0.340 e. The summed E-state index contributed by atoms with van der Waals surface area (Å²) in [5.74, 6) is 0.786. The van der Waals surface area contributed by atoms with Gasteiger partial charge in [-0.15, -0.1) is 0 Å². The van der Waals surface area contributed by atoms with Crippen LogP contribution in [0.2, 0.25) is 16.6 Å². The lowest BCUT2D eigenvalue weighted by atomic mass is 9.86. The molecule has 1 saturated heterocycles. The Morgan fingerprint density at radius 3 is 2.02 bits per heavy atom. The molecule has 256 valence electrons. The molecule has 0 amide bonds. The molecule has 1 aliphatic heterocycles. The molecule has 0 N–H and O–H groups in total. The fourth-order valence-corrected chi connectivity index (χ4v) is 12.9. The summed E-state index contributed by atoms with van der Waals surface area (Å²) in [5, 5.41) is 0. The van der Waals surface area contributed by atoms with Crippen molar-refractivity contribution in [3.05, 3.63) is 95.3 Å².